The molecule has 1 fully saturated rings. The second-order valence-corrected chi connectivity index (χ2v) is 7.27. The van der Waals surface area contributed by atoms with E-state index in [1.807, 2.05) is 6.07 Å². The molecular weight excluding hydrogens is 332 g/mol. The Labute approximate surface area is 146 Å². The second-order valence-electron chi connectivity index (χ2n) is 5.57. The summed E-state index contributed by atoms with van der Waals surface area (Å²) in [6.07, 6.45) is 3.99. The van der Waals surface area contributed by atoms with E-state index >= 15 is 0 Å². The number of nitrogens with zero attached hydrogens (tertiary/aromatic N) is 2. The van der Waals surface area contributed by atoms with Gasteiger partial charge in [0.15, 0.2) is 4.47 Å². The molecule has 4 nitrogen and oxygen atoms in total. The quantitative estimate of drug-likeness (QED) is 0.762. The smallest absolute Gasteiger partial charge is 0.183 e. The molecule has 1 aromatic carbocycles. The first-order valence-electron chi connectivity index (χ1n) is 7.92. The van der Waals surface area contributed by atoms with Crippen molar-refractivity contribution in [1.82, 2.24) is 9.88 Å². The number of rotatable bonds is 7. The van der Waals surface area contributed by atoms with Gasteiger partial charge >= 0.3 is 0 Å². The summed E-state index contributed by atoms with van der Waals surface area (Å²) < 4.78 is 11.8. The number of hydrogen-bond acceptors (Lipinski definition) is 5. The highest BCUT2D eigenvalue weighted by molar-refractivity contribution is 7.15. The highest BCUT2D eigenvalue weighted by atomic mass is 35.5. The molecule has 0 unspecified atom stereocenters. The van der Waals surface area contributed by atoms with E-state index in [1.54, 1.807) is 6.20 Å². The van der Waals surface area contributed by atoms with Crippen LogP contribution in [-0.2, 0) is 17.8 Å². The van der Waals surface area contributed by atoms with Crippen LogP contribution in [0, 0.1) is 0 Å². The van der Waals surface area contributed by atoms with Gasteiger partial charge in [0.05, 0.1) is 18.1 Å². The molecule has 23 heavy (non-hydrogen) atoms. The van der Waals surface area contributed by atoms with Gasteiger partial charge in [-0.25, -0.2) is 4.98 Å². The van der Waals surface area contributed by atoms with E-state index in [1.165, 1.54) is 16.9 Å². The van der Waals surface area contributed by atoms with Crippen molar-refractivity contribution in [2.45, 2.75) is 19.4 Å². The number of halogens is 1. The van der Waals surface area contributed by atoms with Crippen LogP contribution in [0.2, 0.25) is 4.47 Å². The predicted octanol–water partition coefficient (Wildman–Crippen LogP) is 3.64. The van der Waals surface area contributed by atoms with Crippen LogP contribution in [-0.4, -0.2) is 42.7 Å². The fourth-order valence-electron chi connectivity index (χ4n) is 2.63. The van der Waals surface area contributed by atoms with Crippen molar-refractivity contribution >= 4 is 22.9 Å². The predicted molar refractivity (Wildman–Crippen MR) is 93.5 cm³/mol. The highest BCUT2D eigenvalue weighted by Gasteiger charge is 2.09. The molecule has 0 radical (unpaired) electrons. The van der Waals surface area contributed by atoms with Gasteiger partial charge in [-0.05, 0) is 37.1 Å². The lowest BCUT2D eigenvalue weighted by atomic mass is 10.1. The summed E-state index contributed by atoms with van der Waals surface area (Å²) in [6.45, 7) is 5.49. The summed E-state index contributed by atoms with van der Waals surface area (Å²) in [5.41, 5.74) is 1.32. The first-order valence-corrected chi connectivity index (χ1v) is 9.11. The van der Waals surface area contributed by atoms with Gasteiger partial charge in [0.1, 0.15) is 12.4 Å². The number of morpholine rings is 1. The molecule has 2 heterocycles. The standard InChI is InChI=1S/C17H21ClN2O2S/c18-17-19-12-16(23-17)13-22-15-5-1-3-14(11-15)4-2-6-20-7-9-21-10-8-20/h1,3,5,11-12H,2,4,6-10,13H2. The zero-order valence-electron chi connectivity index (χ0n) is 13.0. The maximum Gasteiger partial charge on any atom is 0.183 e. The molecule has 1 aromatic heterocycles. The van der Waals surface area contributed by atoms with Crippen LogP contribution in [0.15, 0.2) is 30.5 Å². The normalized spacial score (nSPS) is 15.7. The summed E-state index contributed by atoms with van der Waals surface area (Å²) in [6, 6.07) is 8.34. The van der Waals surface area contributed by atoms with Crippen molar-refractivity contribution in [3.8, 4) is 5.75 Å². The van der Waals surface area contributed by atoms with Gasteiger partial charge in [0.25, 0.3) is 0 Å². The molecule has 0 bridgehead atoms. The van der Waals surface area contributed by atoms with Crippen molar-refractivity contribution in [3.05, 3.63) is 45.4 Å². The van der Waals surface area contributed by atoms with Crippen molar-refractivity contribution in [2.24, 2.45) is 0 Å². The van der Waals surface area contributed by atoms with Gasteiger partial charge in [0.2, 0.25) is 0 Å². The van der Waals surface area contributed by atoms with Crippen LogP contribution in [0.25, 0.3) is 0 Å². The SMILES string of the molecule is Clc1ncc(COc2cccc(CCCN3CCOCC3)c2)s1. The zero-order valence-corrected chi connectivity index (χ0v) is 14.6. The van der Waals surface area contributed by atoms with Crippen molar-refractivity contribution in [1.29, 1.82) is 0 Å². The van der Waals surface area contributed by atoms with Gasteiger partial charge in [-0.15, -0.1) is 11.3 Å². The molecule has 0 saturated carbocycles. The van der Waals surface area contributed by atoms with Crippen molar-refractivity contribution < 1.29 is 9.47 Å². The Bertz CT molecular complexity index is 614. The summed E-state index contributed by atoms with van der Waals surface area (Å²) in [5, 5.41) is 0. The van der Waals surface area contributed by atoms with Crippen LogP contribution in [0.5, 0.6) is 5.75 Å². The van der Waals surface area contributed by atoms with Gasteiger partial charge in [-0.2, -0.15) is 0 Å². The van der Waals surface area contributed by atoms with E-state index in [9.17, 15) is 0 Å². The van der Waals surface area contributed by atoms with E-state index in [0.29, 0.717) is 11.1 Å². The zero-order chi connectivity index (χ0) is 15.9. The number of benzene rings is 1. The third-order valence-corrected chi connectivity index (χ3v) is 4.94. The first kappa shape index (κ1) is 16.7. The van der Waals surface area contributed by atoms with E-state index < -0.39 is 0 Å². The fraction of sp³-hybridized carbons (Fsp3) is 0.471. The highest BCUT2D eigenvalue weighted by Crippen LogP contribution is 2.21. The lowest BCUT2D eigenvalue weighted by Gasteiger charge is -2.26. The molecule has 1 saturated heterocycles. The molecule has 2 aromatic rings. The molecule has 3 rings (SSSR count). The summed E-state index contributed by atoms with van der Waals surface area (Å²) in [7, 11) is 0. The molecule has 1 aliphatic rings. The number of ether oxygens (including phenoxy) is 2. The van der Waals surface area contributed by atoms with E-state index in [2.05, 4.69) is 28.1 Å². The molecule has 6 heteroatoms. The molecule has 0 aliphatic carbocycles. The molecule has 1 aliphatic heterocycles. The average Bonchev–Trinajstić information content (AvgIpc) is 3.00. The molecule has 124 valence electrons. The second kappa shape index (κ2) is 8.64. The minimum atomic E-state index is 0.515. The minimum Gasteiger partial charge on any atom is -0.488 e. The maximum absolute atomic E-state index is 5.83. The van der Waals surface area contributed by atoms with Crippen LogP contribution in [0.1, 0.15) is 16.9 Å². The van der Waals surface area contributed by atoms with Crippen LogP contribution >= 0.6 is 22.9 Å². The van der Waals surface area contributed by atoms with Crippen molar-refractivity contribution in [3.63, 3.8) is 0 Å². The van der Waals surface area contributed by atoms with Gasteiger partial charge in [0, 0.05) is 19.3 Å². The third-order valence-electron chi connectivity index (χ3n) is 3.85. The van der Waals surface area contributed by atoms with Crippen LogP contribution in [0.3, 0.4) is 0 Å². The Hall–Kier alpha value is -1.14. The van der Waals surface area contributed by atoms with E-state index in [-0.39, 0.29) is 0 Å². The molecule has 0 N–H and O–H groups in total. The summed E-state index contributed by atoms with van der Waals surface area (Å²) in [4.78, 5) is 7.53. The lowest BCUT2D eigenvalue weighted by Crippen LogP contribution is -2.36. The van der Waals surface area contributed by atoms with Crippen LogP contribution < -0.4 is 4.74 Å². The number of aromatic nitrogens is 1. The Kier molecular flexibility index (Phi) is 6.28. The monoisotopic (exact) mass is 352 g/mol. The number of hydrogen-bond donors (Lipinski definition) is 0. The minimum absolute atomic E-state index is 0.515. The third kappa shape index (κ3) is 5.46. The van der Waals surface area contributed by atoms with E-state index in [4.69, 9.17) is 21.1 Å². The summed E-state index contributed by atoms with van der Waals surface area (Å²) in [5.74, 6) is 0.901. The van der Waals surface area contributed by atoms with Crippen molar-refractivity contribution in [2.75, 3.05) is 32.8 Å². The molecule has 0 amide bonds. The van der Waals surface area contributed by atoms with Crippen LogP contribution in [0.4, 0.5) is 0 Å². The maximum atomic E-state index is 5.83. The Morgan fingerprint density at radius 1 is 1.30 bits per heavy atom. The molecule has 0 atom stereocenters. The lowest BCUT2D eigenvalue weighted by molar-refractivity contribution is 0.0374. The average molecular weight is 353 g/mol. The number of thiazole rings is 1. The molecule has 0 spiro atoms. The molecular formula is C17H21ClN2O2S. The van der Waals surface area contributed by atoms with Gasteiger partial charge in [-0.1, -0.05) is 23.7 Å². The Morgan fingerprint density at radius 3 is 2.96 bits per heavy atom. The van der Waals surface area contributed by atoms with Gasteiger partial charge in [-0.3, -0.25) is 4.90 Å². The Balaban J connectivity index is 1.44. The largest absolute Gasteiger partial charge is 0.488 e. The summed E-state index contributed by atoms with van der Waals surface area (Å²) >= 11 is 7.28. The van der Waals surface area contributed by atoms with Gasteiger partial charge < -0.3 is 9.47 Å². The Morgan fingerprint density at radius 2 is 2.17 bits per heavy atom. The fourth-order valence-corrected chi connectivity index (χ4v) is 3.52. The topological polar surface area (TPSA) is 34.6 Å². The number of aryl methyl sites for hydroxylation is 1. The first-order chi connectivity index (χ1) is 11.3. The van der Waals surface area contributed by atoms with E-state index in [0.717, 1.165) is 56.3 Å².